The second-order valence-corrected chi connectivity index (χ2v) is 9.72. The highest BCUT2D eigenvalue weighted by molar-refractivity contribution is 5.82. The van der Waals surface area contributed by atoms with E-state index in [1.54, 1.807) is 7.11 Å². The average molecular weight is 509 g/mol. The van der Waals surface area contributed by atoms with E-state index in [1.165, 1.54) is 11.1 Å². The summed E-state index contributed by atoms with van der Waals surface area (Å²) in [5, 5.41) is 13.6. The third kappa shape index (κ3) is 5.98. The number of aromatic nitrogens is 5. The minimum atomic E-state index is -0.0761. The Hall–Kier alpha value is -4.30. The number of aromatic amines is 1. The van der Waals surface area contributed by atoms with Gasteiger partial charge in [0.15, 0.2) is 5.82 Å². The van der Waals surface area contributed by atoms with Crippen LogP contribution in [0.3, 0.4) is 0 Å². The zero-order valence-corrected chi connectivity index (χ0v) is 22.0. The molecule has 0 radical (unpaired) electrons. The summed E-state index contributed by atoms with van der Waals surface area (Å²) in [7, 11) is 1.66. The summed E-state index contributed by atoms with van der Waals surface area (Å²) in [6, 6.07) is 24.5. The van der Waals surface area contributed by atoms with Crippen molar-refractivity contribution in [3.8, 4) is 5.75 Å². The summed E-state index contributed by atoms with van der Waals surface area (Å²) in [4.78, 5) is 18.4. The van der Waals surface area contributed by atoms with Gasteiger partial charge < -0.3 is 9.72 Å². The predicted molar refractivity (Wildman–Crippen MR) is 148 cm³/mol. The van der Waals surface area contributed by atoms with Crippen LogP contribution in [-0.4, -0.2) is 37.2 Å². The third-order valence-electron chi connectivity index (χ3n) is 6.76. The molecule has 5 rings (SSSR count). The lowest BCUT2D eigenvalue weighted by atomic mass is 10.0. The van der Waals surface area contributed by atoms with Crippen molar-refractivity contribution in [2.75, 3.05) is 7.11 Å². The molecule has 8 nitrogen and oxygen atoms in total. The van der Waals surface area contributed by atoms with Gasteiger partial charge in [0.1, 0.15) is 5.75 Å². The van der Waals surface area contributed by atoms with E-state index in [1.807, 2.05) is 60.1 Å². The van der Waals surface area contributed by atoms with Crippen molar-refractivity contribution >= 4 is 10.9 Å². The minimum absolute atomic E-state index is 0.0761. The maximum Gasteiger partial charge on any atom is 0.252 e. The molecule has 0 fully saturated rings. The molecule has 3 aromatic carbocycles. The average Bonchev–Trinajstić information content (AvgIpc) is 3.36. The Morgan fingerprint density at radius 1 is 0.921 bits per heavy atom. The van der Waals surface area contributed by atoms with Crippen LogP contribution in [-0.2, 0) is 32.6 Å². The van der Waals surface area contributed by atoms with Crippen LogP contribution in [0.4, 0.5) is 0 Å². The van der Waals surface area contributed by atoms with Gasteiger partial charge in [-0.25, -0.2) is 4.68 Å². The number of hydrogen-bond donors (Lipinski definition) is 1. The lowest BCUT2D eigenvalue weighted by Gasteiger charge is -2.22. The lowest BCUT2D eigenvalue weighted by Crippen LogP contribution is -2.28. The van der Waals surface area contributed by atoms with Crippen molar-refractivity contribution in [2.45, 2.75) is 46.4 Å². The Labute approximate surface area is 221 Å². The van der Waals surface area contributed by atoms with E-state index < -0.39 is 0 Å². The van der Waals surface area contributed by atoms with Crippen LogP contribution < -0.4 is 10.3 Å². The number of nitrogens with zero attached hydrogens (tertiary/aromatic N) is 5. The molecule has 0 bridgehead atoms. The number of fused-ring (bicyclic) bond motifs is 1. The monoisotopic (exact) mass is 508 g/mol. The Kier molecular flexibility index (Phi) is 7.60. The SMILES string of the molecule is COc1ccc(CN(Cc2cc3cc(C)cc(C)c3[nH]c2=O)Cc2nnnn2CCc2ccccc2)cc1. The van der Waals surface area contributed by atoms with Gasteiger partial charge in [0, 0.05) is 25.2 Å². The number of pyridine rings is 1. The highest BCUT2D eigenvalue weighted by atomic mass is 16.5. The summed E-state index contributed by atoms with van der Waals surface area (Å²) < 4.78 is 7.17. The van der Waals surface area contributed by atoms with Gasteiger partial charge >= 0.3 is 0 Å². The van der Waals surface area contributed by atoms with Gasteiger partial charge in [0.05, 0.1) is 19.2 Å². The number of benzene rings is 3. The van der Waals surface area contributed by atoms with Gasteiger partial charge in [0.25, 0.3) is 5.56 Å². The van der Waals surface area contributed by atoms with Gasteiger partial charge in [-0.2, -0.15) is 0 Å². The van der Waals surface area contributed by atoms with Crippen LogP contribution in [0.15, 0.2) is 77.6 Å². The third-order valence-corrected chi connectivity index (χ3v) is 6.76. The molecule has 194 valence electrons. The van der Waals surface area contributed by atoms with Crippen molar-refractivity contribution < 1.29 is 4.74 Å². The standard InChI is InChI=1S/C30H32N6O2/c1-21-15-22(2)29-25(16-21)17-26(30(37)31-29)19-35(18-24-9-11-27(38-3)12-10-24)20-28-32-33-34-36(28)14-13-23-7-5-4-6-8-23/h4-12,15-17H,13-14,18-20H2,1-3H3,(H,31,37). The normalized spacial score (nSPS) is 11.4. The number of methoxy groups -OCH3 is 1. The Morgan fingerprint density at radius 3 is 2.47 bits per heavy atom. The van der Waals surface area contributed by atoms with E-state index in [4.69, 9.17) is 4.74 Å². The summed E-state index contributed by atoms with van der Waals surface area (Å²) in [5.41, 5.74) is 6.09. The number of rotatable bonds is 10. The molecule has 0 unspecified atom stereocenters. The van der Waals surface area contributed by atoms with Crippen LogP contribution in [0.5, 0.6) is 5.75 Å². The van der Waals surface area contributed by atoms with Gasteiger partial charge in [-0.15, -0.1) is 5.10 Å². The van der Waals surface area contributed by atoms with Crippen LogP contribution in [0.2, 0.25) is 0 Å². The number of hydrogen-bond acceptors (Lipinski definition) is 6. The zero-order chi connectivity index (χ0) is 26.5. The van der Waals surface area contributed by atoms with Crippen molar-refractivity contribution in [2.24, 2.45) is 0 Å². The molecular weight excluding hydrogens is 476 g/mol. The van der Waals surface area contributed by atoms with Crippen molar-refractivity contribution in [1.82, 2.24) is 30.1 Å². The second kappa shape index (κ2) is 11.4. The Bertz CT molecular complexity index is 1570. The number of aryl methyl sites for hydroxylation is 4. The van der Waals surface area contributed by atoms with E-state index in [-0.39, 0.29) is 5.56 Å². The fourth-order valence-electron chi connectivity index (χ4n) is 4.84. The zero-order valence-electron chi connectivity index (χ0n) is 22.0. The lowest BCUT2D eigenvalue weighted by molar-refractivity contribution is 0.235. The first kappa shape index (κ1) is 25.4. The molecule has 0 saturated heterocycles. The van der Waals surface area contributed by atoms with E-state index in [9.17, 15) is 4.79 Å². The van der Waals surface area contributed by atoms with Crippen LogP contribution >= 0.6 is 0 Å². The first-order valence-electron chi connectivity index (χ1n) is 12.8. The van der Waals surface area contributed by atoms with E-state index in [2.05, 4.69) is 56.6 Å². The van der Waals surface area contributed by atoms with E-state index >= 15 is 0 Å². The van der Waals surface area contributed by atoms with Crippen LogP contribution in [0.1, 0.15) is 33.6 Å². The summed E-state index contributed by atoms with van der Waals surface area (Å²) in [5.74, 6) is 1.57. The van der Waals surface area contributed by atoms with Gasteiger partial charge in [0.2, 0.25) is 0 Å². The fraction of sp³-hybridized carbons (Fsp3) is 0.267. The highest BCUT2D eigenvalue weighted by Gasteiger charge is 2.16. The summed E-state index contributed by atoms with van der Waals surface area (Å²) in [6.45, 7) is 6.35. The summed E-state index contributed by atoms with van der Waals surface area (Å²) >= 11 is 0. The molecule has 0 spiro atoms. The van der Waals surface area contributed by atoms with E-state index in [0.717, 1.165) is 40.0 Å². The van der Waals surface area contributed by atoms with Gasteiger partial charge in [-0.1, -0.05) is 54.1 Å². The van der Waals surface area contributed by atoms with Crippen LogP contribution in [0, 0.1) is 13.8 Å². The molecule has 38 heavy (non-hydrogen) atoms. The first-order chi connectivity index (χ1) is 18.5. The molecule has 2 heterocycles. The number of tetrazole rings is 1. The molecule has 5 aromatic rings. The number of H-pyrrole nitrogens is 1. The van der Waals surface area contributed by atoms with E-state index in [0.29, 0.717) is 31.7 Å². The smallest absolute Gasteiger partial charge is 0.252 e. The Morgan fingerprint density at radius 2 is 1.71 bits per heavy atom. The van der Waals surface area contributed by atoms with Crippen molar-refractivity contribution in [3.63, 3.8) is 0 Å². The van der Waals surface area contributed by atoms with Crippen LogP contribution in [0.25, 0.3) is 10.9 Å². The molecule has 0 saturated carbocycles. The Balaban J connectivity index is 1.42. The first-order valence-corrected chi connectivity index (χ1v) is 12.8. The quantitative estimate of drug-likeness (QED) is 0.297. The maximum absolute atomic E-state index is 13.1. The molecule has 0 aliphatic rings. The van der Waals surface area contributed by atoms with Crippen molar-refractivity contribution in [1.29, 1.82) is 0 Å². The highest BCUT2D eigenvalue weighted by Crippen LogP contribution is 2.20. The predicted octanol–water partition coefficient (Wildman–Crippen LogP) is 4.59. The molecule has 0 amide bonds. The topological polar surface area (TPSA) is 88.9 Å². The summed E-state index contributed by atoms with van der Waals surface area (Å²) in [6.07, 6.45) is 0.834. The van der Waals surface area contributed by atoms with Gasteiger partial charge in [-0.05, 0) is 77.0 Å². The molecule has 0 aliphatic heterocycles. The molecule has 1 N–H and O–H groups in total. The molecule has 0 aliphatic carbocycles. The molecule has 8 heteroatoms. The molecule has 0 atom stereocenters. The second-order valence-electron chi connectivity index (χ2n) is 9.72. The minimum Gasteiger partial charge on any atom is -0.497 e. The number of nitrogens with one attached hydrogen (secondary N) is 1. The largest absolute Gasteiger partial charge is 0.497 e. The maximum atomic E-state index is 13.1. The fourth-order valence-corrected chi connectivity index (χ4v) is 4.84. The van der Waals surface area contributed by atoms with Crippen molar-refractivity contribution in [3.05, 3.63) is 117 Å². The molecule has 2 aromatic heterocycles. The number of ether oxygens (including phenoxy) is 1. The van der Waals surface area contributed by atoms with Gasteiger partial charge in [-0.3, -0.25) is 9.69 Å². The molecular formula is C30H32N6O2.